The normalized spacial score (nSPS) is 20.2. The molecule has 1 saturated carbocycles. The van der Waals surface area contributed by atoms with E-state index in [0.717, 1.165) is 18.3 Å². The summed E-state index contributed by atoms with van der Waals surface area (Å²) in [4.78, 5) is 6.79. The van der Waals surface area contributed by atoms with Crippen molar-refractivity contribution in [1.82, 2.24) is 4.90 Å². The van der Waals surface area contributed by atoms with Gasteiger partial charge >= 0.3 is 0 Å². The number of hydrogen-bond donors (Lipinski definition) is 0. The Hall–Kier alpha value is -1.31. The first-order valence-corrected chi connectivity index (χ1v) is 4.81. The van der Waals surface area contributed by atoms with Gasteiger partial charge in [-0.15, -0.1) is 0 Å². The third kappa shape index (κ3) is 1.22. The van der Waals surface area contributed by atoms with E-state index in [4.69, 9.17) is 0 Å². The molecule has 0 bridgehead atoms. The van der Waals surface area contributed by atoms with Gasteiger partial charge < -0.3 is 4.90 Å². The van der Waals surface area contributed by atoms with Gasteiger partial charge in [0.25, 0.3) is 0 Å². The average molecular weight is 172 g/mol. The molecule has 0 saturated heterocycles. The average Bonchev–Trinajstić information content (AvgIpc) is 3.00. The summed E-state index contributed by atoms with van der Waals surface area (Å²) in [6.45, 7) is 1.05. The van der Waals surface area contributed by atoms with Crippen LogP contribution in [0.5, 0.6) is 0 Å². The van der Waals surface area contributed by atoms with Crippen LogP contribution in [0.1, 0.15) is 18.4 Å². The van der Waals surface area contributed by atoms with Crippen molar-refractivity contribution in [2.75, 3.05) is 0 Å². The quantitative estimate of drug-likeness (QED) is 0.634. The van der Waals surface area contributed by atoms with Gasteiger partial charge in [0.1, 0.15) is 0 Å². The Labute approximate surface area is 77.9 Å². The molecule has 1 aliphatic heterocycles. The van der Waals surface area contributed by atoms with Gasteiger partial charge in [-0.3, -0.25) is 0 Å². The fraction of sp³-hybridized carbons (Fsp3) is 0.364. The molecule has 66 valence electrons. The predicted octanol–water partition coefficient (Wildman–Crippen LogP) is 2.32. The molecule has 0 atom stereocenters. The summed E-state index contributed by atoms with van der Waals surface area (Å²) in [6.07, 6.45) is 4.68. The Morgan fingerprint density at radius 2 is 2.08 bits per heavy atom. The zero-order valence-electron chi connectivity index (χ0n) is 7.48. The van der Waals surface area contributed by atoms with E-state index in [2.05, 4.69) is 28.1 Å². The molecule has 2 nitrogen and oxygen atoms in total. The molecule has 0 amide bonds. The number of aliphatic imine (C=N–C) groups is 1. The van der Waals surface area contributed by atoms with Crippen LogP contribution in [-0.2, 0) is 6.54 Å². The van der Waals surface area contributed by atoms with E-state index >= 15 is 0 Å². The summed E-state index contributed by atoms with van der Waals surface area (Å²) in [5, 5.41) is 0. The Morgan fingerprint density at radius 1 is 1.23 bits per heavy atom. The summed E-state index contributed by atoms with van der Waals surface area (Å²) in [6, 6.07) is 9.16. The third-order valence-electron chi connectivity index (χ3n) is 2.71. The molecule has 0 aromatic heterocycles. The van der Waals surface area contributed by atoms with Crippen LogP contribution in [0.3, 0.4) is 0 Å². The topological polar surface area (TPSA) is 15.6 Å². The van der Waals surface area contributed by atoms with E-state index < -0.39 is 0 Å². The van der Waals surface area contributed by atoms with Crippen LogP contribution in [-0.4, -0.2) is 17.3 Å². The lowest BCUT2D eigenvalue weighted by Gasteiger charge is -2.23. The van der Waals surface area contributed by atoms with Crippen LogP contribution in [0.4, 0.5) is 5.69 Å². The highest BCUT2D eigenvalue weighted by Gasteiger charge is 2.28. The van der Waals surface area contributed by atoms with E-state index in [1.165, 1.54) is 18.4 Å². The highest BCUT2D eigenvalue weighted by Crippen LogP contribution is 2.31. The molecule has 0 spiro atoms. The highest BCUT2D eigenvalue weighted by atomic mass is 15.2. The van der Waals surface area contributed by atoms with Gasteiger partial charge in [-0.1, -0.05) is 18.2 Å². The van der Waals surface area contributed by atoms with Gasteiger partial charge in [0.05, 0.1) is 12.0 Å². The largest absolute Gasteiger partial charge is 0.355 e. The zero-order chi connectivity index (χ0) is 8.67. The number of rotatable bonds is 1. The summed E-state index contributed by atoms with van der Waals surface area (Å²) < 4.78 is 0. The van der Waals surface area contributed by atoms with Crippen molar-refractivity contribution in [1.29, 1.82) is 0 Å². The van der Waals surface area contributed by atoms with Crippen molar-refractivity contribution in [2.45, 2.75) is 25.4 Å². The molecule has 1 heterocycles. The van der Waals surface area contributed by atoms with Gasteiger partial charge in [-0.05, 0) is 24.5 Å². The van der Waals surface area contributed by atoms with Crippen LogP contribution in [0.2, 0.25) is 0 Å². The number of para-hydroxylation sites is 1. The van der Waals surface area contributed by atoms with E-state index in [9.17, 15) is 0 Å². The predicted molar refractivity (Wildman–Crippen MR) is 53.2 cm³/mol. The second-order valence-electron chi connectivity index (χ2n) is 3.78. The van der Waals surface area contributed by atoms with Crippen LogP contribution in [0.15, 0.2) is 29.3 Å². The molecular weight excluding hydrogens is 160 g/mol. The first-order valence-electron chi connectivity index (χ1n) is 4.81. The van der Waals surface area contributed by atoms with Crippen molar-refractivity contribution >= 4 is 12.0 Å². The van der Waals surface area contributed by atoms with Crippen molar-refractivity contribution in [3.63, 3.8) is 0 Å². The smallest absolute Gasteiger partial charge is 0.0917 e. The van der Waals surface area contributed by atoms with Crippen LogP contribution in [0.25, 0.3) is 0 Å². The molecule has 1 aromatic rings. The number of benzene rings is 1. The zero-order valence-corrected chi connectivity index (χ0v) is 7.48. The summed E-state index contributed by atoms with van der Waals surface area (Å²) in [5.41, 5.74) is 2.50. The number of fused-ring (bicyclic) bond motifs is 1. The molecule has 0 radical (unpaired) electrons. The van der Waals surface area contributed by atoms with Gasteiger partial charge in [-0.2, -0.15) is 0 Å². The first kappa shape index (κ1) is 7.13. The standard InChI is InChI=1S/C11H12N2/c1-2-4-11-9(3-1)7-13(8-12-11)10-5-6-10/h1-4,8,10H,5-7H2. The minimum atomic E-state index is 0.775. The van der Waals surface area contributed by atoms with Crippen molar-refractivity contribution < 1.29 is 0 Å². The Morgan fingerprint density at radius 3 is 2.92 bits per heavy atom. The fourth-order valence-corrected chi connectivity index (χ4v) is 1.77. The molecule has 1 fully saturated rings. The first-order chi connectivity index (χ1) is 6.43. The van der Waals surface area contributed by atoms with E-state index in [-0.39, 0.29) is 0 Å². The second-order valence-corrected chi connectivity index (χ2v) is 3.78. The Balaban J connectivity index is 1.93. The SMILES string of the molecule is C1=Nc2ccccc2CN1C1CC1. The van der Waals surface area contributed by atoms with E-state index in [1.807, 2.05) is 12.4 Å². The second kappa shape index (κ2) is 2.59. The maximum atomic E-state index is 4.44. The highest BCUT2D eigenvalue weighted by molar-refractivity contribution is 5.67. The molecule has 0 N–H and O–H groups in total. The Kier molecular flexibility index (Phi) is 1.42. The van der Waals surface area contributed by atoms with Gasteiger partial charge in [-0.25, -0.2) is 4.99 Å². The molecule has 1 aliphatic carbocycles. The van der Waals surface area contributed by atoms with Crippen molar-refractivity contribution in [2.24, 2.45) is 4.99 Å². The van der Waals surface area contributed by atoms with Gasteiger partial charge in [0, 0.05) is 12.6 Å². The molecular formula is C11H12N2. The van der Waals surface area contributed by atoms with Gasteiger partial charge in [0.15, 0.2) is 0 Å². The van der Waals surface area contributed by atoms with Crippen molar-refractivity contribution in [3.05, 3.63) is 29.8 Å². The van der Waals surface area contributed by atoms with Crippen LogP contribution in [0, 0.1) is 0 Å². The lowest BCUT2D eigenvalue weighted by Crippen LogP contribution is -2.25. The summed E-state index contributed by atoms with van der Waals surface area (Å²) in [5.74, 6) is 0. The number of nitrogens with zero attached hydrogens (tertiary/aromatic N) is 2. The lowest BCUT2D eigenvalue weighted by atomic mass is 10.1. The fourth-order valence-electron chi connectivity index (χ4n) is 1.77. The molecule has 1 aromatic carbocycles. The Bertz CT molecular complexity index is 353. The molecule has 3 rings (SSSR count). The summed E-state index contributed by atoms with van der Waals surface area (Å²) >= 11 is 0. The molecule has 0 unspecified atom stereocenters. The molecule has 2 heteroatoms. The van der Waals surface area contributed by atoms with Gasteiger partial charge in [0.2, 0.25) is 0 Å². The maximum Gasteiger partial charge on any atom is 0.0917 e. The minimum Gasteiger partial charge on any atom is -0.355 e. The summed E-state index contributed by atoms with van der Waals surface area (Å²) in [7, 11) is 0. The molecule has 13 heavy (non-hydrogen) atoms. The molecule has 2 aliphatic rings. The third-order valence-corrected chi connectivity index (χ3v) is 2.71. The van der Waals surface area contributed by atoms with Crippen molar-refractivity contribution in [3.8, 4) is 0 Å². The van der Waals surface area contributed by atoms with Crippen LogP contribution < -0.4 is 0 Å². The maximum absolute atomic E-state index is 4.44. The minimum absolute atomic E-state index is 0.775. The monoisotopic (exact) mass is 172 g/mol. The lowest BCUT2D eigenvalue weighted by molar-refractivity contribution is 0.411. The van der Waals surface area contributed by atoms with E-state index in [1.54, 1.807) is 0 Å². The van der Waals surface area contributed by atoms with Crippen LogP contribution >= 0.6 is 0 Å². The number of hydrogen-bond acceptors (Lipinski definition) is 2. The van der Waals surface area contributed by atoms with E-state index in [0.29, 0.717) is 0 Å².